The van der Waals surface area contributed by atoms with E-state index in [0.717, 1.165) is 18.4 Å². The molecule has 124 valence electrons. The minimum absolute atomic E-state index is 0.0303. The second kappa shape index (κ2) is 6.48. The van der Waals surface area contributed by atoms with Crippen LogP contribution >= 0.6 is 0 Å². The molecule has 1 saturated carbocycles. The largest absolute Gasteiger partial charge is 0.486 e. The van der Waals surface area contributed by atoms with Crippen molar-refractivity contribution in [3.63, 3.8) is 0 Å². The van der Waals surface area contributed by atoms with Gasteiger partial charge in [0.2, 0.25) is 5.91 Å². The number of benzene rings is 1. The number of nitrogens with zero attached hydrogens (tertiary/aromatic N) is 1. The summed E-state index contributed by atoms with van der Waals surface area (Å²) < 4.78 is 11.0. The molecule has 23 heavy (non-hydrogen) atoms. The van der Waals surface area contributed by atoms with Crippen molar-refractivity contribution in [2.75, 3.05) is 19.8 Å². The van der Waals surface area contributed by atoms with Gasteiger partial charge in [-0.15, -0.1) is 0 Å². The van der Waals surface area contributed by atoms with E-state index in [4.69, 9.17) is 14.6 Å². The quantitative estimate of drug-likeness (QED) is 0.864. The molecule has 2 aliphatic rings. The molecule has 3 rings (SSSR count). The van der Waals surface area contributed by atoms with Crippen LogP contribution in [-0.4, -0.2) is 47.7 Å². The Bertz CT molecular complexity index is 611. The second-order valence-corrected chi connectivity index (χ2v) is 6.17. The number of aliphatic carboxylic acids is 1. The van der Waals surface area contributed by atoms with Crippen LogP contribution in [0, 0.1) is 5.92 Å². The molecular formula is C17H21NO5. The zero-order valence-electron chi connectivity index (χ0n) is 13.2. The lowest BCUT2D eigenvalue weighted by Crippen LogP contribution is -2.39. The van der Waals surface area contributed by atoms with Crippen molar-refractivity contribution in [2.45, 2.75) is 32.2 Å². The second-order valence-electron chi connectivity index (χ2n) is 6.17. The first-order valence-electron chi connectivity index (χ1n) is 7.95. The number of carboxylic acids is 1. The van der Waals surface area contributed by atoms with Crippen molar-refractivity contribution < 1.29 is 24.2 Å². The Hall–Kier alpha value is -2.24. The molecular weight excluding hydrogens is 298 g/mol. The van der Waals surface area contributed by atoms with Crippen LogP contribution < -0.4 is 9.47 Å². The topological polar surface area (TPSA) is 76.1 Å². The number of hydrogen-bond donors (Lipinski definition) is 1. The summed E-state index contributed by atoms with van der Waals surface area (Å²) in [5, 5.41) is 9.07. The molecule has 1 amide bonds. The van der Waals surface area contributed by atoms with Gasteiger partial charge in [0.25, 0.3) is 0 Å². The van der Waals surface area contributed by atoms with E-state index in [9.17, 15) is 9.59 Å². The van der Waals surface area contributed by atoms with E-state index < -0.39 is 11.9 Å². The first-order valence-corrected chi connectivity index (χ1v) is 7.95. The van der Waals surface area contributed by atoms with E-state index in [1.807, 2.05) is 18.2 Å². The van der Waals surface area contributed by atoms with Crippen LogP contribution in [0.25, 0.3) is 0 Å². The summed E-state index contributed by atoms with van der Waals surface area (Å²) in [4.78, 5) is 25.3. The maximum atomic E-state index is 12.6. The van der Waals surface area contributed by atoms with Gasteiger partial charge >= 0.3 is 5.97 Å². The SMILES string of the molecule is CC(CN(C(=O)Cc1ccc2c(c1)OCCO2)C1CC1)C(=O)O. The summed E-state index contributed by atoms with van der Waals surface area (Å²) in [6.07, 6.45) is 2.16. The molecule has 6 nitrogen and oxygen atoms in total. The normalized spacial score (nSPS) is 17.4. The molecule has 1 aromatic rings. The first kappa shape index (κ1) is 15.6. The maximum absolute atomic E-state index is 12.6. The summed E-state index contributed by atoms with van der Waals surface area (Å²) in [7, 11) is 0. The van der Waals surface area contributed by atoms with E-state index in [2.05, 4.69) is 0 Å². The summed E-state index contributed by atoms with van der Waals surface area (Å²) in [5.41, 5.74) is 0.855. The zero-order chi connectivity index (χ0) is 16.4. The van der Waals surface area contributed by atoms with Crippen molar-refractivity contribution in [1.29, 1.82) is 0 Å². The van der Waals surface area contributed by atoms with E-state index in [-0.39, 0.29) is 24.9 Å². The number of carbonyl (C=O) groups excluding carboxylic acids is 1. The number of carboxylic acid groups (broad SMARTS) is 1. The predicted molar refractivity (Wildman–Crippen MR) is 82.7 cm³/mol. The highest BCUT2D eigenvalue weighted by atomic mass is 16.6. The number of hydrogen-bond acceptors (Lipinski definition) is 4. The maximum Gasteiger partial charge on any atom is 0.308 e. The lowest BCUT2D eigenvalue weighted by atomic mass is 10.1. The Kier molecular flexibility index (Phi) is 4.41. The minimum Gasteiger partial charge on any atom is -0.486 e. The molecule has 0 bridgehead atoms. The molecule has 1 heterocycles. The Labute approximate surface area is 135 Å². The summed E-state index contributed by atoms with van der Waals surface area (Å²) in [6, 6.07) is 5.70. The Morgan fingerprint density at radius 1 is 1.26 bits per heavy atom. The van der Waals surface area contributed by atoms with E-state index >= 15 is 0 Å². The van der Waals surface area contributed by atoms with E-state index in [1.54, 1.807) is 11.8 Å². The molecule has 0 spiro atoms. The average molecular weight is 319 g/mol. The van der Waals surface area contributed by atoms with Crippen molar-refractivity contribution >= 4 is 11.9 Å². The van der Waals surface area contributed by atoms with Crippen LogP contribution in [0.2, 0.25) is 0 Å². The van der Waals surface area contributed by atoms with Crippen LogP contribution in [-0.2, 0) is 16.0 Å². The van der Waals surface area contributed by atoms with Crippen LogP contribution in [0.3, 0.4) is 0 Å². The zero-order valence-corrected chi connectivity index (χ0v) is 13.2. The van der Waals surface area contributed by atoms with Gasteiger partial charge in [-0.05, 0) is 30.5 Å². The van der Waals surface area contributed by atoms with Crippen LogP contribution in [0.1, 0.15) is 25.3 Å². The molecule has 1 fully saturated rings. The number of fused-ring (bicyclic) bond motifs is 1. The molecule has 1 aromatic carbocycles. The monoisotopic (exact) mass is 319 g/mol. The molecule has 1 atom stereocenters. The number of amides is 1. The number of rotatable bonds is 6. The third-order valence-corrected chi connectivity index (χ3v) is 4.16. The standard InChI is InChI=1S/C17H21NO5/c1-11(17(20)21)10-18(13-3-4-13)16(19)9-12-2-5-14-15(8-12)23-7-6-22-14/h2,5,8,11,13H,3-4,6-7,9-10H2,1H3,(H,20,21). The van der Waals surface area contributed by atoms with Crippen LogP contribution in [0.5, 0.6) is 11.5 Å². The van der Waals surface area contributed by atoms with E-state index in [0.29, 0.717) is 24.7 Å². The van der Waals surface area contributed by atoms with Gasteiger partial charge in [0.05, 0.1) is 12.3 Å². The van der Waals surface area contributed by atoms with Crippen molar-refractivity contribution in [3.05, 3.63) is 23.8 Å². The van der Waals surface area contributed by atoms with Crippen LogP contribution in [0.4, 0.5) is 0 Å². The Balaban J connectivity index is 1.68. The average Bonchev–Trinajstić information content (AvgIpc) is 3.36. The fourth-order valence-corrected chi connectivity index (χ4v) is 2.69. The smallest absolute Gasteiger partial charge is 0.308 e. The Morgan fingerprint density at radius 2 is 1.96 bits per heavy atom. The Morgan fingerprint density at radius 3 is 2.61 bits per heavy atom. The molecule has 0 saturated heterocycles. The van der Waals surface area contributed by atoms with Crippen molar-refractivity contribution in [3.8, 4) is 11.5 Å². The molecule has 6 heteroatoms. The van der Waals surface area contributed by atoms with Crippen molar-refractivity contribution in [2.24, 2.45) is 5.92 Å². The lowest BCUT2D eigenvalue weighted by Gasteiger charge is -2.25. The fraction of sp³-hybridized carbons (Fsp3) is 0.529. The summed E-state index contributed by atoms with van der Waals surface area (Å²) >= 11 is 0. The highest BCUT2D eigenvalue weighted by Gasteiger charge is 2.34. The molecule has 1 unspecified atom stereocenters. The number of carbonyl (C=O) groups is 2. The third-order valence-electron chi connectivity index (χ3n) is 4.16. The van der Waals surface area contributed by atoms with Gasteiger partial charge in [-0.2, -0.15) is 0 Å². The predicted octanol–water partition coefficient (Wildman–Crippen LogP) is 1.71. The van der Waals surface area contributed by atoms with Gasteiger partial charge in [0.15, 0.2) is 11.5 Å². The van der Waals surface area contributed by atoms with Gasteiger partial charge in [-0.3, -0.25) is 9.59 Å². The minimum atomic E-state index is -0.872. The molecule has 0 aromatic heterocycles. The van der Waals surface area contributed by atoms with Gasteiger partial charge in [-0.25, -0.2) is 0 Å². The summed E-state index contributed by atoms with van der Waals surface area (Å²) in [6.45, 7) is 2.95. The van der Waals surface area contributed by atoms with Gasteiger partial charge in [0, 0.05) is 12.6 Å². The van der Waals surface area contributed by atoms with Gasteiger partial charge in [0.1, 0.15) is 13.2 Å². The van der Waals surface area contributed by atoms with Crippen LogP contribution in [0.15, 0.2) is 18.2 Å². The van der Waals surface area contributed by atoms with Gasteiger partial charge < -0.3 is 19.5 Å². The molecule has 0 radical (unpaired) electrons. The summed E-state index contributed by atoms with van der Waals surface area (Å²) in [5.74, 6) is -0.0932. The van der Waals surface area contributed by atoms with E-state index in [1.165, 1.54) is 0 Å². The highest BCUT2D eigenvalue weighted by Crippen LogP contribution is 2.32. The van der Waals surface area contributed by atoms with Crippen molar-refractivity contribution in [1.82, 2.24) is 4.90 Å². The third kappa shape index (κ3) is 3.75. The lowest BCUT2D eigenvalue weighted by molar-refractivity contribution is -0.143. The molecule has 1 N–H and O–H groups in total. The molecule has 1 aliphatic heterocycles. The molecule has 1 aliphatic carbocycles. The van der Waals surface area contributed by atoms with Gasteiger partial charge in [-0.1, -0.05) is 13.0 Å². The number of ether oxygens (including phenoxy) is 2. The fourth-order valence-electron chi connectivity index (χ4n) is 2.69. The highest BCUT2D eigenvalue weighted by molar-refractivity contribution is 5.80. The first-order chi connectivity index (χ1) is 11.0.